The third kappa shape index (κ3) is 4.71. The van der Waals surface area contributed by atoms with E-state index in [1.54, 1.807) is 12.1 Å². The first-order chi connectivity index (χ1) is 12.1. The number of halogens is 1. The number of nitrogens with one attached hydrogen (secondary N) is 2. The van der Waals surface area contributed by atoms with E-state index in [9.17, 15) is 14.9 Å². The zero-order chi connectivity index (χ0) is 17.6. The monoisotopic (exact) mass is 377 g/mol. The fourth-order valence-corrected chi connectivity index (χ4v) is 2.92. The Morgan fingerprint density at radius 2 is 1.96 bits per heavy atom. The normalized spacial score (nSPS) is 15.3. The van der Waals surface area contributed by atoms with Gasteiger partial charge in [-0.15, -0.1) is 12.4 Å². The van der Waals surface area contributed by atoms with Gasteiger partial charge in [-0.05, 0) is 30.2 Å². The van der Waals surface area contributed by atoms with E-state index in [4.69, 9.17) is 4.74 Å². The molecule has 2 N–H and O–H groups in total. The Balaban J connectivity index is 0.00000243. The molecule has 1 atom stereocenters. The summed E-state index contributed by atoms with van der Waals surface area (Å²) in [6, 6.07) is 14.2. The molecule has 0 fully saturated rings. The van der Waals surface area contributed by atoms with Crippen molar-refractivity contribution in [2.75, 3.05) is 19.7 Å². The molecular formula is C18H20ClN3O4. The molecule has 2 aromatic rings. The van der Waals surface area contributed by atoms with Crippen molar-refractivity contribution in [2.45, 2.75) is 12.5 Å². The number of nitrogens with zero attached hydrogens (tertiary/aromatic N) is 1. The average molecular weight is 378 g/mol. The lowest BCUT2D eigenvalue weighted by Gasteiger charge is -2.27. The Labute approximate surface area is 157 Å². The van der Waals surface area contributed by atoms with E-state index in [-0.39, 0.29) is 42.4 Å². The van der Waals surface area contributed by atoms with E-state index in [0.29, 0.717) is 6.54 Å². The second-order valence-corrected chi connectivity index (χ2v) is 5.77. The van der Waals surface area contributed by atoms with Crippen LogP contribution >= 0.6 is 12.4 Å². The van der Waals surface area contributed by atoms with Crippen molar-refractivity contribution < 1.29 is 14.5 Å². The minimum absolute atomic E-state index is 0. The van der Waals surface area contributed by atoms with Crippen LogP contribution in [0, 0.1) is 10.1 Å². The van der Waals surface area contributed by atoms with E-state index in [2.05, 4.69) is 22.8 Å². The third-order valence-corrected chi connectivity index (χ3v) is 4.14. The summed E-state index contributed by atoms with van der Waals surface area (Å²) in [6.45, 7) is 1.04. The van der Waals surface area contributed by atoms with Crippen LogP contribution in [0.2, 0.25) is 0 Å². The second kappa shape index (κ2) is 9.17. The summed E-state index contributed by atoms with van der Waals surface area (Å²) >= 11 is 0. The summed E-state index contributed by atoms with van der Waals surface area (Å²) in [5.74, 6) is -0.230. The molecule has 3 rings (SSSR count). The molecule has 26 heavy (non-hydrogen) atoms. The number of para-hydroxylation sites is 2. The van der Waals surface area contributed by atoms with Gasteiger partial charge in [-0.1, -0.05) is 36.4 Å². The van der Waals surface area contributed by atoms with Crippen molar-refractivity contribution in [3.8, 4) is 5.75 Å². The molecular weight excluding hydrogens is 358 g/mol. The Morgan fingerprint density at radius 1 is 1.23 bits per heavy atom. The molecule has 0 saturated heterocycles. The van der Waals surface area contributed by atoms with Crippen LogP contribution in [0.5, 0.6) is 5.75 Å². The number of rotatable bonds is 6. The lowest BCUT2D eigenvalue weighted by molar-refractivity contribution is -0.385. The molecule has 1 aliphatic rings. The minimum Gasteiger partial charge on any atom is -0.477 e. The third-order valence-electron chi connectivity index (χ3n) is 4.14. The van der Waals surface area contributed by atoms with Crippen LogP contribution in [0.15, 0.2) is 48.5 Å². The highest BCUT2D eigenvalue weighted by atomic mass is 35.5. The first-order valence-corrected chi connectivity index (χ1v) is 8.09. The number of hydrogen-bond acceptors (Lipinski definition) is 5. The fraction of sp³-hybridized carbons (Fsp3) is 0.278. The molecule has 0 aliphatic carbocycles. The highest BCUT2D eigenvalue weighted by molar-refractivity contribution is 5.85. The fourth-order valence-electron chi connectivity index (χ4n) is 2.92. The van der Waals surface area contributed by atoms with Crippen molar-refractivity contribution in [1.29, 1.82) is 0 Å². The highest BCUT2D eigenvalue weighted by Crippen LogP contribution is 2.25. The van der Waals surface area contributed by atoms with Gasteiger partial charge in [-0.25, -0.2) is 0 Å². The Kier molecular flexibility index (Phi) is 6.94. The maximum Gasteiger partial charge on any atom is 0.310 e. The maximum atomic E-state index is 12.0. The van der Waals surface area contributed by atoms with Crippen LogP contribution in [0.3, 0.4) is 0 Å². The van der Waals surface area contributed by atoms with Crippen LogP contribution in [0.1, 0.15) is 17.2 Å². The van der Waals surface area contributed by atoms with E-state index in [1.807, 2.05) is 12.1 Å². The largest absolute Gasteiger partial charge is 0.477 e. The quantitative estimate of drug-likeness (QED) is 0.595. The summed E-state index contributed by atoms with van der Waals surface area (Å²) < 4.78 is 5.30. The number of carbonyl (C=O) groups is 1. The number of ether oxygens (including phenoxy) is 1. The van der Waals surface area contributed by atoms with Crippen molar-refractivity contribution in [3.63, 3.8) is 0 Å². The number of nitro benzene ring substituents is 1. The van der Waals surface area contributed by atoms with E-state index in [0.717, 1.165) is 13.0 Å². The standard InChI is InChI=1S/C18H19N3O4.ClH/c22-18(12-25-17-8-4-3-7-16(17)21(23)24)20-11-15-14-6-2-1-5-13(14)9-10-19-15;/h1-8,15,19H,9-12H2,(H,20,22);1H. The molecule has 138 valence electrons. The van der Waals surface area contributed by atoms with Crippen molar-refractivity contribution in [3.05, 3.63) is 69.8 Å². The van der Waals surface area contributed by atoms with Gasteiger partial charge in [0.25, 0.3) is 5.91 Å². The summed E-state index contributed by atoms with van der Waals surface area (Å²) in [4.78, 5) is 22.4. The number of amides is 1. The highest BCUT2D eigenvalue weighted by Gasteiger charge is 2.20. The number of carbonyl (C=O) groups excluding carboxylic acids is 1. The van der Waals surface area contributed by atoms with Crippen LogP contribution in [0.4, 0.5) is 5.69 Å². The molecule has 0 spiro atoms. The topological polar surface area (TPSA) is 93.5 Å². The Hall–Kier alpha value is -2.64. The molecule has 1 amide bonds. The van der Waals surface area contributed by atoms with Gasteiger partial charge in [0.2, 0.25) is 0 Å². The summed E-state index contributed by atoms with van der Waals surface area (Å²) in [6.07, 6.45) is 0.974. The predicted molar refractivity (Wildman–Crippen MR) is 99.7 cm³/mol. The van der Waals surface area contributed by atoms with Crippen molar-refractivity contribution >= 4 is 24.0 Å². The van der Waals surface area contributed by atoms with Crippen molar-refractivity contribution in [2.24, 2.45) is 0 Å². The summed E-state index contributed by atoms with van der Waals surface area (Å²) in [5, 5.41) is 17.1. The molecule has 1 unspecified atom stereocenters. The van der Waals surface area contributed by atoms with E-state index in [1.165, 1.54) is 23.3 Å². The lowest BCUT2D eigenvalue weighted by Crippen LogP contribution is -2.40. The van der Waals surface area contributed by atoms with Crippen LogP contribution in [0.25, 0.3) is 0 Å². The molecule has 8 heteroatoms. The lowest BCUT2D eigenvalue weighted by atomic mass is 9.94. The summed E-state index contributed by atoms with van der Waals surface area (Å²) in [7, 11) is 0. The van der Waals surface area contributed by atoms with Gasteiger partial charge in [-0.2, -0.15) is 0 Å². The zero-order valence-electron chi connectivity index (χ0n) is 14.0. The van der Waals surface area contributed by atoms with Crippen molar-refractivity contribution in [1.82, 2.24) is 10.6 Å². The Bertz CT molecular complexity index is 785. The molecule has 1 aliphatic heterocycles. The first kappa shape index (κ1) is 19.7. The van der Waals surface area contributed by atoms with E-state index >= 15 is 0 Å². The molecule has 7 nitrogen and oxygen atoms in total. The van der Waals surface area contributed by atoms with Crippen LogP contribution in [-0.4, -0.2) is 30.5 Å². The molecule has 0 bridgehead atoms. The SMILES string of the molecule is Cl.O=C(COc1ccccc1[N+](=O)[O-])NCC1NCCc2ccccc21. The molecule has 1 heterocycles. The zero-order valence-corrected chi connectivity index (χ0v) is 14.8. The molecule has 0 radical (unpaired) electrons. The number of nitro groups is 1. The van der Waals surface area contributed by atoms with Gasteiger partial charge < -0.3 is 15.4 Å². The summed E-state index contributed by atoms with van der Waals surface area (Å²) in [5.41, 5.74) is 2.32. The number of fused-ring (bicyclic) bond motifs is 1. The van der Waals surface area contributed by atoms with E-state index < -0.39 is 4.92 Å². The number of hydrogen-bond donors (Lipinski definition) is 2. The molecule has 0 saturated carbocycles. The smallest absolute Gasteiger partial charge is 0.310 e. The minimum atomic E-state index is -0.532. The van der Waals surface area contributed by atoms with Crippen LogP contribution < -0.4 is 15.4 Å². The van der Waals surface area contributed by atoms with Gasteiger partial charge in [0.1, 0.15) is 0 Å². The van der Waals surface area contributed by atoms with Gasteiger partial charge in [0.05, 0.1) is 4.92 Å². The van der Waals surface area contributed by atoms with Gasteiger partial charge in [-0.3, -0.25) is 14.9 Å². The van der Waals surface area contributed by atoms with Gasteiger partial charge >= 0.3 is 5.69 Å². The molecule has 0 aromatic heterocycles. The Morgan fingerprint density at radius 3 is 2.77 bits per heavy atom. The van der Waals surface area contributed by atoms with Gasteiger partial charge in [0, 0.05) is 18.7 Å². The maximum absolute atomic E-state index is 12.0. The van der Waals surface area contributed by atoms with Crippen LogP contribution in [-0.2, 0) is 11.2 Å². The molecule has 2 aromatic carbocycles. The number of benzene rings is 2. The first-order valence-electron chi connectivity index (χ1n) is 8.09. The second-order valence-electron chi connectivity index (χ2n) is 5.77. The van der Waals surface area contributed by atoms with Gasteiger partial charge in [0.15, 0.2) is 12.4 Å². The predicted octanol–water partition coefficient (Wildman–Crippen LogP) is 2.40. The average Bonchev–Trinajstić information content (AvgIpc) is 2.64.